The van der Waals surface area contributed by atoms with Crippen LogP contribution in [-0.2, 0) is 26.2 Å². The zero-order valence-corrected chi connectivity index (χ0v) is 23.2. The Kier molecular flexibility index (Phi) is 8.93. The van der Waals surface area contributed by atoms with Gasteiger partial charge in [0, 0.05) is 16.6 Å². The summed E-state index contributed by atoms with van der Waals surface area (Å²) in [5.41, 5.74) is 2.69. The van der Waals surface area contributed by atoms with Crippen LogP contribution in [0, 0.1) is 13.8 Å². The van der Waals surface area contributed by atoms with Crippen LogP contribution in [0.4, 0.5) is 5.69 Å². The molecule has 0 aliphatic carbocycles. The minimum Gasteiger partial charge on any atom is -0.350 e. The van der Waals surface area contributed by atoms with Gasteiger partial charge < -0.3 is 10.2 Å². The van der Waals surface area contributed by atoms with Crippen LogP contribution in [-0.4, -0.2) is 49.5 Å². The van der Waals surface area contributed by atoms with Crippen molar-refractivity contribution in [1.29, 1.82) is 0 Å². The molecule has 0 fully saturated rings. The van der Waals surface area contributed by atoms with Crippen LogP contribution in [0.1, 0.15) is 44.4 Å². The van der Waals surface area contributed by atoms with Crippen molar-refractivity contribution in [2.45, 2.75) is 59.7 Å². The van der Waals surface area contributed by atoms with Crippen molar-refractivity contribution in [1.82, 2.24) is 10.2 Å². The van der Waals surface area contributed by atoms with Crippen molar-refractivity contribution in [2.24, 2.45) is 0 Å². The molecule has 1 atom stereocenters. The Morgan fingerprint density at radius 1 is 1.06 bits per heavy atom. The number of sulfonamides is 1. The number of anilines is 1. The molecule has 0 aliphatic heterocycles. The Bertz CT molecular complexity index is 1160. The zero-order chi connectivity index (χ0) is 25.8. The lowest BCUT2D eigenvalue weighted by molar-refractivity contribution is -0.140. The third-order valence-corrected chi connectivity index (χ3v) is 7.00. The molecule has 9 heteroatoms. The van der Waals surface area contributed by atoms with Crippen LogP contribution in [0.5, 0.6) is 0 Å². The van der Waals surface area contributed by atoms with Crippen LogP contribution < -0.4 is 9.62 Å². The molecule has 2 aromatic carbocycles. The number of carbonyl (C=O) groups excluding carboxylic acids is 2. The fourth-order valence-electron chi connectivity index (χ4n) is 3.38. The lowest BCUT2D eigenvalue weighted by Crippen LogP contribution is -2.54. The van der Waals surface area contributed by atoms with Crippen LogP contribution in [0.25, 0.3) is 0 Å². The predicted octanol–water partition coefficient (Wildman–Crippen LogP) is 4.16. The van der Waals surface area contributed by atoms with Gasteiger partial charge in [-0.1, -0.05) is 34.1 Å². The standard InChI is InChI=1S/C25H34BrN3O4S/c1-17-11-12-22(13-18(17)2)29(34(7,32)33)16-23(30)28(15-20-9-8-10-21(26)14-20)19(3)24(31)27-25(4,5)6/h8-14,19H,15-16H2,1-7H3,(H,27,31)/t19-/m0/s1. The second-order valence-corrected chi connectivity index (χ2v) is 12.4. The molecule has 0 unspecified atom stereocenters. The van der Waals surface area contributed by atoms with E-state index in [0.29, 0.717) is 5.69 Å². The Hall–Kier alpha value is -2.39. The number of carbonyl (C=O) groups is 2. The average Bonchev–Trinajstić information content (AvgIpc) is 2.69. The van der Waals surface area contributed by atoms with Crippen molar-refractivity contribution in [2.75, 3.05) is 17.1 Å². The van der Waals surface area contributed by atoms with E-state index < -0.39 is 34.1 Å². The third kappa shape index (κ3) is 7.84. The van der Waals surface area contributed by atoms with Gasteiger partial charge in [-0.3, -0.25) is 13.9 Å². The first-order valence-corrected chi connectivity index (χ1v) is 13.6. The normalized spacial score (nSPS) is 12.7. The zero-order valence-electron chi connectivity index (χ0n) is 20.8. The quantitative estimate of drug-likeness (QED) is 0.533. The van der Waals surface area contributed by atoms with Crippen LogP contribution in [0.15, 0.2) is 46.9 Å². The molecular formula is C25H34BrN3O4S. The van der Waals surface area contributed by atoms with Gasteiger partial charge in [-0.25, -0.2) is 8.42 Å². The van der Waals surface area contributed by atoms with Crippen molar-refractivity contribution in [3.63, 3.8) is 0 Å². The molecule has 0 bridgehead atoms. The average molecular weight is 553 g/mol. The Morgan fingerprint density at radius 2 is 1.71 bits per heavy atom. The molecule has 0 saturated carbocycles. The Labute approximate surface area is 211 Å². The fraction of sp³-hybridized carbons (Fsp3) is 0.440. The molecular weight excluding hydrogens is 518 g/mol. The van der Waals surface area contributed by atoms with Crippen LogP contribution >= 0.6 is 15.9 Å². The van der Waals surface area contributed by atoms with E-state index in [0.717, 1.165) is 31.7 Å². The first kappa shape index (κ1) is 27.9. The van der Waals surface area contributed by atoms with Gasteiger partial charge in [0.25, 0.3) is 0 Å². The van der Waals surface area contributed by atoms with Crippen molar-refractivity contribution < 1.29 is 18.0 Å². The van der Waals surface area contributed by atoms with Gasteiger partial charge in [0.1, 0.15) is 12.6 Å². The summed E-state index contributed by atoms with van der Waals surface area (Å²) in [4.78, 5) is 27.9. The number of nitrogens with one attached hydrogen (secondary N) is 1. The highest BCUT2D eigenvalue weighted by Gasteiger charge is 2.31. The minimum absolute atomic E-state index is 0.154. The van der Waals surface area contributed by atoms with Crippen molar-refractivity contribution in [3.05, 3.63) is 63.6 Å². The monoisotopic (exact) mass is 551 g/mol. The lowest BCUT2D eigenvalue weighted by atomic mass is 10.1. The maximum atomic E-state index is 13.6. The van der Waals surface area contributed by atoms with Crippen LogP contribution in [0.2, 0.25) is 0 Å². The van der Waals surface area contributed by atoms with E-state index in [4.69, 9.17) is 0 Å². The maximum absolute atomic E-state index is 13.6. The van der Waals surface area contributed by atoms with Gasteiger partial charge in [-0.15, -0.1) is 0 Å². The summed E-state index contributed by atoms with van der Waals surface area (Å²) >= 11 is 3.43. The van der Waals surface area contributed by atoms with Gasteiger partial charge in [0.05, 0.1) is 11.9 Å². The number of hydrogen-bond donors (Lipinski definition) is 1. The molecule has 186 valence electrons. The molecule has 1 N–H and O–H groups in total. The summed E-state index contributed by atoms with van der Waals surface area (Å²) in [5, 5.41) is 2.91. The van der Waals surface area contributed by atoms with E-state index >= 15 is 0 Å². The van der Waals surface area contributed by atoms with Crippen LogP contribution in [0.3, 0.4) is 0 Å². The maximum Gasteiger partial charge on any atom is 0.244 e. The molecule has 0 radical (unpaired) electrons. The van der Waals surface area contributed by atoms with E-state index in [2.05, 4.69) is 21.2 Å². The summed E-state index contributed by atoms with van der Waals surface area (Å²) < 4.78 is 27.2. The molecule has 7 nitrogen and oxygen atoms in total. The molecule has 0 spiro atoms. The first-order valence-electron chi connectivity index (χ1n) is 11.0. The van der Waals surface area contributed by atoms with Gasteiger partial charge in [-0.05, 0) is 82.5 Å². The molecule has 2 rings (SSSR count). The number of nitrogens with zero attached hydrogens (tertiary/aromatic N) is 2. The lowest BCUT2D eigenvalue weighted by Gasteiger charge is -2.33. The fourth-order valence-corrected chi connectivity index (χ4v) is 4.67. The Morgan fingerprint density at radius 3 is 2.24 bits per heavy atom. The smallest absolute Gasteiger partial charge is 0.244 e. The second kappa shape index (κ2) is 10.9. The number of benzene rings is 2. The second-order valence-electron chi connectivity index (χ2n) is 9.60. The minimum atomic E-state index is -3.75. The molecule has 0 heterocycles. The van der Waals surface area contributed by atoms with Crippen molar-refractivity contribution >= 4 is 43.5 Å². The van der Waals surface area contributed by atoms with Gasteiger partial charge in [-0.2, -0.15) is 0 Å². The van der Waals surface area contributed by atoms with E-state index in [-0.39, 0.29) is 12.5 Å². The van der Waals surface area contributed by atoms with E-state index in [1.165, 1.54) is 4.90 Å². The number of halogens is 1. The molecule has 0 saturated heterocycles. The molecule has 2 aromatic rings. The highest BCUT2D eigenvalue weighted by molar-refractivity contribution is 9.10. The number of aryl methyl sites for hydroxylation is 2. The van der Waals surface area contributed by atoms with Gasteiger partial charge in [0.15, 0.2) is 0 Å². The third-order valence-electron chi connectivity index (χ3n) is 5.37. The summed E-state index contributed by atoms with van der Waals surface area (Å²) in [6.45, 7) is 10.8. The topological polar surface area (TPSA) is 86.8 Å². The highest BCUT2D eigenvalue weighted by Crippen LogP contribution is 2.22. The number of rotatable bonds is 8. The molecule has 34 heavy (non-hydrogen) atoms. The summed E-state index contributed by atoms with van der Waals surface area (Å²) in [6.07, 6.45) is 1.07. The van der Waals surface area contributed by atoms with E-state index in [1.807, 2.05) is 65.0 Å². The summed E-state index contributed by atoms with van der Waals surface area (Å²) in [7, 11) is -3.75. The summed E-state index contributed by atoms with van der Waals surface area (Å²) in [6, 6.07) is 11.9. The van der Waals surface area contributed by atoms with Gasteiger partial charge in [0.2, 0.25) is 21.8 Å². The predicted molar refractivity (Wildman–Crippen MR) is 140 cm³/mol. The Balaban J connectivity index is 2.43. The van der Waals surface area contributed by atoms with Crippen molar-refractivity contribution in [3.8, 4) is 0 Å². The first-order chi connectivity index (χ1) is 15.6. The number of amides is 2. The molecule has 0 aliphatic rings. The SMILES string of the molecule is Cc1ccc(N(CC(=O)N(Cc2cccc(Br)c2)[C@@H](C)C(=O)NC(C)(C)C)S(C)(=O)=O)cc1C. The van der Waals surface area contributed by atoms with E-state index in [9.17, 15) is 18.0 Å². The highest BCUT2D eigenvalue weighted by atomic mass is 79.9. The van der Waals surface area contributed by atoms with E-state index in [1.54, 1.807) is 19.1 Å². The molecule has 2 amide bonds. The largest absolute Gasteiger partial charge is 0.350 e. The summed E-state index contributed by atoms with van der Waals surface area (Å²) in [5.74, 6) is -0.784. The molecule has 0 aromatic heterocycles. The number of hydrogen-bond acceptors (Lipinski definition) is 4. The van der Waals surface area contributed by atoms with Gasteiger partial charge >= 0.3 is 0 Å².